The highest BCUT2D eigenvalue weighted by atomic mass is 16.3. The molecule has 2 aliphatic rings. The van der Waals surface area contributed by atoms with Gasteiger partial charge in [0.1, 0.15) is 6.04 Å². The van der Waals surface area contributed by atoms with Crippen molar-refractivity contribution in [2.24, 2.45) is 0 Å². The highest BCUT2D eigenvalue weighted by Crippen LogP contribution is 2.34. The van der Waals surface area contributed by atoms with E-state index in [4.69, 9.17) is 0 Å². The SMILES string of the molecule is CCCNC1C(=O)Nc2cc(N3CC(O)C(O)C3)ccc21. The lowest BCUT2D eigenvalue weighted by Crippen LogP contribution is -2.27. The highest BCUT2D eigenvalue weighted by Gasteiger charge is 2.33. The van der Waals surface area contributed by atoms with Crippen LogP contribution in [0, 0.1) is 0 Å². The van der Waals surface area contributed by atoms with Crippen LogP contribution < -0.4 is 15.5 Å². The number of fused-ring (bicyclic) bond motifs is 1. The summed E-state index contributed by atoms with van der Waals surface area (Å²) in [5.41, 5.74) is 2.67. The fourth-order valence-electron chi connectivity index (χ4n) is 2.92. The second-order valence-electron chi connectivity index (χ2n) is 5.69. The van der Waals surface area contributed by atoms with Crippen LogP contribution in [0.25, 0.3) is 0 Å². The van der Waals surface area contributed by atoms with Crippen LogP contribution in [0.1, 0.15) is 24.9 Å². The maximum Gasteiger partial charge on any atom is 0.246 e. The number of carbonyl (C=O) groups excluding carboxylic acids is 1. The summed E-state index contributed by atoms with van der Waals surface area (Å²) in [5, 5.41) is 25.4. The third-order valence-corrected chi connectivity index (χ3v) is 4.09. The Bertz CT molecular complexity index is 539. The van der Waals surface area contributed by atoms with E-state index >= 15 is 0 Å². The van der Waals surface area contributed by atoms with Gasteiger partial charge in [0.15, 0.2) is 0 Å². The van der Waals surface area contributed by atoms with Gasteiger partial charge < -0.3 is 25.7 Å². The average Bonchev–Trinajstić information content (AvgIpc) is 2.96. The molecule has 0 aromatic heterocycles. The third-order valence-electron chi connectivity index (χ3n) is 4.09. The van der Waals surface area contributed by atoms with Crippen molar-refractivity contribution in [3.63, 3.8) is 0 Å². The topological polar surface area (TPSA) is 84.8 Å². The molecule has 0 bridgehead atoms. The van der Waals surface area contributed by atoms with E-state index in [-0.39, 0.29) is 11.9 Å². The first-order chi connectivity index (χ1) is 10.1. The van der Waals surface area contributed by atoms with Gasteiger partial charge >= 0.3 is 0 Å². The maximum absolute atomic E-state index is 12.0. The number of carbonyl (C=O) groups is 1. The number of anilines is 2. The van der Waals surface area contributed by atoms with E-state index in [0.29, 0.717) is 13.1 Å². The number of hydrogen-bond acceptors (Lipinski definition) is 5. The number of benzene rings is 1. The molecule has 1 aromatic rings. The predicted octanol–water partition coefficient (Wildman–Crippen LogP) is 0.221. The van der Waals surface area contributed by atoms with Gasteiger partial charge in [-0.25, -0.2) is 0 Å². The number of nitrogens with zero attached hydrogens (tertiary/aromatic N) is 1. The first-order valence-corrected chi connectivity index (χ1v) is 7.39. The molecule has 1 saturated heterocycles. The molecule has 2 aliphatic heterocycles. The third kappa shape index (κ3) is 2.62. The van der Waals surface area contributed by atoms with Crippen LogP contribution in [0.3, 0.4) is 0 Å². The monoisotopic (exact) mass is 291 g/mol. The lowest BCUT2D eigenvalue weighted by molar-refractivity contribution is -0.117. The average molecular weight is 291 g/mol. The lowest BCUT2D eigenvalue weighted by Gasteiger charge is -2.19. The van der Waals surface area contributed by atoms with Gasteiger partial charge in [0.2, 0.25) is 5.91 Å². The van der Waals surface area contributed by atoms with Crippen molar-refractivity contribution in [3.8, 4) is 0 Å². The molecule has 0 saturated carbocycles. The van der Waals surface area contributed by atoms with Gasteiger partial charge in [-0.2, -0.15) is 0 Å². The number of amides is 1. The van der Waals surface area contributed by atoms with Crippen LogP contribution >= 0.6 is 0 Å². The lowest BCUT2D eigenvalue weighted by atomic mass is 10.1. The van der Waals surface area contributed by atoms with Gasteiger partial charge in [0.05, 0.1) is 12.2 Å². The number of aliphatic hydroxyl groups is 2. The summed E-state index contributed by atoms with van der Waals surface area (Å²) in [6.45, 7) is 3.68. The fourth-order valence-corrected chi connectivity index (χ4v) is 2.92. The molecule has 4 N–H and O–H groups in total. The number of rotatable bonds is 4. The van der Waals surface area contributed by atoms with Gasteiger partial charge in [0, 0.05) is 30.0 Å². The largest absolute Gasteiger partial charge is 0.389 e. The molecule has 6 heteroatoms. The molecule has 1 amide bonds. The van der Waals surface area contributed by atoms with Gasteiger partial charge in [-0.1, -0.05) is 13.0 Å². The molecular weight excluding hydrogens is 270 g/mol. The number of hydrogen-bond donors (Lipinski definition) is 4. The molecule has 114 valence electrons. The minimum absolute atomic E-state index is 0.0305. The summed E-state index contributed by atoms with van der Waals surface area (Å²) < 4.78 is 0. The molecule has 3 unspecified atom stereocenters. The predicted molar refractivity (Wildman–Crippen MR) is 80.3 cm³/mol. The minimum Gasteiger partial charge on any atom is -0.389 e. The molecule has 3 atom stereocenters. The van der Waals surface area contributed by atoms with E-state index in [1.807, 2.05) is 23.1 Å². The smallest absolute Gasteiger partial charge is 0.246 e. The van der Waals surface area contributed by atoms with E-state index < -0.39 is 12.2 Å². The fraction of sp³-hybridized carbons (Fsp3) is 0.533. The van der Waals surface area contributed by atoms with Crippen molar-refractivity contribution in [1.82, 2.24) is 5.32 Å². The Balaban J connectivity index is 1.80. The summed E-state index contributed by atoms with van der Waals surface area (Å²) in [6, 6.07) is 5.49. The second kappa shape index (κ2) is 5.63. The Morgan fingerprint density at radius 3 is 2.71 bits per heavy atom. The zero-order chi connectivity index (χ0) is 15.0. The summed E-state index contributed by atoms with van der Waals surface area (Å²) >= 11 is 0. The Morgan fingerprint density at radius 2 is 2.05 bits per heavy atom. The van der Waals surface area contributed by atoms with Crippen LogP contribution in [0.4, 0.5) is 11.4 Å². The molecule has 1 fully saturated rings. The molecular formula is C15H21N3O3. The molecule has 0 radical (unpaired) electrons. The quantitative estimate of drug-likeness (QED) is 0.638. The first-order valence-electron chi connectivity index (χ1n) is 7.39. The Labute approximate surface area is 123 Å². The Morgan fingerprint density at radius 1 is 1.33 bits per heavy atom. The van der Waals surface area contributed by atoms with Crippen LogP contribution in [0.15, 0.2) is 18.2 Å². The maximum atomic E-state index is 12.0. The molecule has 1 aromatic carbocycles. The summed E-state index contributed by atoms with van der Waals surface area (Å²) in [7, 11) is 0. The molecule has 0 spiro atoms. The summed E-state index contributed by atoms with van der Waals surface area (Å²) in [6.07, 6.45) is -0.459. The van der Waals surface area contributed by atoms with E-state index in [1.165, 1.54) is 0 Å². The van der Waals surface area contributed by atoms with Gasteiger partial charge in [-0.05, 0) is 25.1 Å². The second-order valence-corrected chi connectivity index (χ2v) is 5.69. The van der Waals surface area contributed by atoms with Gasteiger partial charge in [0.25, 0.3) is 0 Å². The van der Waals surface area contributed by atoms with E-state index in [2.05, 4.69) is 17.6 Å². The van der Waals surface area contributed by atoms with Gasteiger partial charge in [-0.3, -0.25) is 4.79 Å². The van der Waals surface area contributed by atoms with Crippen molar-refractivity contribution in [2.75, 3.05) is 29.9 Å². The van der Waals surface area contributed by atoms with Crippen LogP contribution in [0.2, 0.25) is 0 Å². The number of aliphatic hydroxyl groups excluding tert-OH is 2. The van der Waals surface area contributed by atoms with Crippen LogP contribution in [0.5, 0.6) is 0 Å². The normalized spacial score (nSPS) is 27.9. The molecule has 21 heavy (non-hydrogen) atoms. The van der Waals surface area contributed by atoms with Crippen molar-refractivity contribution < 1.29 is 15.0 Å². The van der Waals surface area contributed by atoms with Crippen LogP contribution in [-0.2, 0) is 4.79 Å². The molecule has 6 nitrogen and oxygen atoms in total. The van der Waals surface area contributed by atoms with E-state index in [1.54, 1.807) is 0 Å². The highest BCUT2D eigenvalue weighted by molar-refractivity contribution is 6.03. The molecule has 3 rings (SSSR count). The van der Waals surface area contributed by atoms with E-state index in [9.17, 15) is 15.0 Å². The number of β-amino-alcohol motifs (C(OH)–C–C–N with tert-alkyl or cyclic N) is 2. The van der Waals surface area contributed by atoms with Gasteiger partial charge in [-0.15, -0.1) is 0 Å². The Hall–Kier alpha value is -1.63. The van der Waals surface area contributed by atoms with Crippen molar-refractivity contribution in [1.29, 1.82) is 0 Å². The number of nitrogens with one attached hydrogen (secondary N) is 2. The zero-order valence-electron chi connectivity index (χ0n) is 12.0. The first kappa shape index (κ1) is 14.3. The van der Waals surface area contributed by atoms with Crippen molar-refractivity contribution >= 4 is 17.3 Å². The van der Waals surface area contributed by atoms with Crippen molar-refractivity contribution in [2.45, 2.75) is 31.6 Å². The van der Waals surface area contributed by atoms with E-state index in [0.717, 1.165) is 29.9 Å². The molecule has 0 aliphatic carbocycles. The molecule has 2 heterocycles. The van der Waals surface area contributed by atoms with Crippen LogP contribution in [-0.4, -0.2) is 48.0 Å². The minimum atomic E-state index is -0.716. The summed E-state index contributed by atoms with van der Waals surface area (Å²) in [4.78, 5) is 13.9. The summed E-state index contributed by atoms with van der Waals surface area (Å²) in [5.74, 6) is -0.0305. The standard InChI is InChI=1S/C15H21N3O3/c1-2-5-16-14-10-4-3-9(6-11(10)17-15(14)21)18-7-12(19)13(20)8-18/h3-4,6,12-14,16,19-20H,2,5,7-8H2,1H3,(H,17,21). The van der Waals surface area contributed by atoms with Crippen molar-refractivity contribution in [3.05, 3.63) is 23.8 Å². The Kier molecular flexibility index (Phi) is 3.84. The zero-order valence-corrected chi connectivity index (χ0v) is 12.0.